The van der Waals surface area contributed by atoms with Gasteiger partial charge in [-0.2, -0.15) is 0 Å². The highest BCUT2D eigenvalue weighted by Gasteiger charge is 2.26. The van der Waals surface area contributed by atoms with Crippen molar-refractivity contribution in [2.24, 2.45) is 5.92 Å². The number of carbonyl (C=O) groups is 2. The molecule has 1 amide bonds. The molecule has 0 aliphatic rings. The Bertz CT molecular complexity index is 580. The summed E-state index contributed by atoms with van der Waals surface area (Å²) in [5.41, 5.74) is 1.75. The Kier molecular flexibility index (Phi) is 13.1. The third-order valence-electron chi connectivity index (χ3n) is 5.32. The number of esters is 1. The summed E-state index contributed by atoms with van der Waals surface area (Å²) in [6, 6.07) is 6.88. The maximum Gasteiger partial charge on any atom is 0.328 e. The van der Waals surface area contributed by atoms with Crippen LogP contribution in [0.5, 0.6) is 0 Å². The summed E-state index contributed by atoms with van der Waals surface area (Å²) >= 11 is 0. The summed E-state index contributed by atoms with van der Waals surface area (Å²) in [5.74, 6) is -0.589. The molecular formula is C25H41NO3. The molecule has 0 heterocycles. The molecule has 0 bridgehead atoms. The van der Waals surface area contributed by atoms with Crippen molar-refractivity contribution in [2.45, 2.75) is 97.9 Å². The van der Waals surface area contributed by atoms with Gasteiger partial charge in [0.25, 0.3) is 5.91 Å². The van der Waals surface area contributed by atoms with E-state index in [1.54, 1.807) is 12.1 Å². The second-order valence-electron chi connectivity index (χ2n) is 8.24. The van der Waals surface area contributed by atoms with Gasteiger partial charge in [0.2, 0.25) is 0 Å². The van der Waals surface area contributed by atoms with E-state index in [0.29, 0.717) is 12.2 Å². The minimum Gasteiger partial charge on any atom is -0.464 e. The molecule has 164 valence electrons. The fourth-order valence-electron chi connectivity index (χ4n) is 3.29. The highest BCUT2D eigenvalue weighted by atomic mass is 16.5. The van der Waals surface area contributed by atoms with Crippen molar-refractivity contribution in [2.75, 3.05) is 6.61 Å². The Balaban J connectivity index is 2.30. The fraction of sp³-hybridized carbons (Fsp3) is 0.680. The summed E-state index contributed by atoms with van der Waals surface area (Å²) in [6.45, 7) is 8.59. The first-order valence-electron chi connectivity index (χ1n) is 11.6. The van der Waals surface area contributed by atoms with Crippen LogP contribution >= 0.6 is 0 Å². The lowest BCUT2D eigenvalue weighted by Gasteiger charge is -2.21. The number of hydrogen-bond donors (Lipinski definition) is 1. The normalized spacial score (nSPS) is 12.0. The molecule has 0 radical (unpaired) electrons. The fourth-order valence-corrected chi connectivity index (χ4v) is 3.29. The van der Waals surface area contributed by atoms with E-state index in [2.05, 4.69) is 19.2 Å². The molecule has 0 saturated carbocycles. The molecule has 0 saturated heterocycles. The van der Waals surface area contributed by atoms with Gasteiger partial charge in [-0.15, -0.1) is 0 Å². The van der Waals surface area contributed by atoms with E-state index >= 15 is 0 Å². The van der Waals surface area contributed by atoms with Gasteiger partial charge in [0, 0.05) is 5.56 Å². The van der Waals surface area contributed by atoms with Gasteiger partial charge in [0.1, 0.15) is 6.04 Å². The van der Waals surface area contributed by atoms with Gasteiger partial charge in [-0.25, -0.2) is 4.79 Å². The second-order valence-corrected chi connectivity index (χ2v) is 8.24. The van der Waals surface area contributed by atoms with E-state index in [-0.39, 0.29) is 17.8 Å². The van der Waals surface area contributed by atoms with Gasteiger partial charge in [0.15, 0.2) is 0 Å². The number of rotatable bonds is 15. The quantitative estimate of drug-likeness (QED) is 0.285. The van der Waals surface area contributed by atoms with E-state index in [9.17, 15) is 9.59 Å². The summed E-state index contributed by atoms with van der Waals surface area (Å²) < 4.78 is 5.44. The number of ether oxygens (including phenoxy) is 1. The molecule has 0 aliphatic carbocycles. The molecule has 1 N–H and O–H groups in total. The van der Waals surface area contributed by atoms with Crippen LogP contribution in [0.4, 0.5) is 0 Å². The molecule has 0 spiro atoms. The molecule has 4 nitrogen and oxygen atoms in total. The van der Waals surface area contributed by atoms with Crippen molar-refractivity contribution in [1.82, 2.24) is 5.32 Å². The van der Waals surface area contributed by atoms with Crippen LogP contribution < -0.4 is 5.32 Å². The average Bonchev–Trinajstić information content (AvgIpc) is 2.72. The van der Waals surface area contributed by atoms with Crippen molar-refractivity contribution >= 4 is 11.9 Å². The number of benzene rings is 1. The molecule has 0 aromatic heterocycles. The lowest BCUT2D eigenvalue weighted by molar-refractivity contribution is -0.147. The first-order valence-corrected chi connectivity index (χ1v) is 11.6. The zero-order valence-electron chi connectivity index (χ0n) is 19.0. The minimum atomic E-state index is -0.619. The molecular weight excluding hydrogens is 362 g/mol. The molecule has 1 aromatic rings. The zero-order chi connectivity index (χ0) is 21.5. The van der Waals surface area contributed by atoms with Crippen molar-refractivity contribution in [3.8, 4) is 0 Å². The second kappa shape index (κ2) is 15.1. The highest BCUT2D eigenvalue weighted by Crippen LogP contribution is 2.11. The molecule has 1 unspecified atom stereocenters. The van der Waals surface area contributed by atoms with Crippen LogP contribution in [0.2, 0.25) is 0 Å². The number of hydrogen-bond acceptors (Lipinski definition) is 3. The van der Waals surface area contributed by atoms with Gasteiger partial charge in [0.05, 0.1) is 6.61 Å². The average molecular weight is 404 g/mol. The van der Waals surface area contributed by atoms with Crippen molar-refractivity contribution < 1.29 is 14.3 Å². The first kappa shape index (κ1) is 25.2. The summed E-state index contributed by atoms with van der Waals surface area (Å²) in [4.78, 5) is 24.9. The minimum absolute atomic E-state index is 0.0236. The Morgan fingerprint density at radius 3 is 1.93 bits per heavy atom. The molecule has 0 fully saturated rings. The third kappa shape index (κ3) is 10.5. The number of unbranched alkanes of at least 4 members (excludes halogenated alkanes) is 8. The SMILES string of the molecule is CCCCCCCCCCCOC(=O)C(NC(=O)c1ccc(CC)cc1)C(C)C. The van der Waals surface area contributed by atoms with E-state index in [1.807, 2.05) is 26.0 Å². The molecule has 1 atom stereocenters. The van der Waals surface area contributed by atoms with E-state index in [1.165, 1.54) is 50.5 Å². The lowest BCUT2D eigenvalue weighted by atomic mass is 10.0. The number of carbonyl (C=O) groups excluding carboxylic acids is 2. The van der Waals surface area contributed by atoms with Crippen LogP contribution in [0.25, 0.3) is 0 Å². The van der Waals surface area contributed by atoms with Crippen molar-refractivity contribution in [3.63, 3.8) is 0 Å². The van der Waals surface area contributed by atoms with Crippen LogP contribution in [0.1, 0.15) is 101 Å². The van der Waals surface area contributed by atoms with Crippen LogP contribution in [-0.2, 0) is 16.0 Å². The van der Waals surface area contributed by atoms with Crippen LogP contribution in [0.15, 0.2) is 24.3 Å². The lowest BCUT2D eigenvalue weighted by Crippen LogP contribution is -2.45. The number of aryl methyl sites for hydroxylation is 1. The van der Waals surface area contributed by atoms with E-state index in [0.717, 1.165) is 19.3 Å². The van der Waals surface area contributed by atoms with Crippen molar-refractivity contribution in [3.05, 3.63) is 35.4 Å². The standard InChI is InChI=1S/C25H41NO3/c1-5-7-8-9-10-11-12-13-14-19-29-25(28)23(20(3)4)26-24(27)22-17-15-21(6-2)16-18-22/h15-18,20,23H,5-14,19H2,1-4H3,(H,26,27). The smallest absolute Gasteiger partial charge is 0.328 e. The Morgan fingerprint density at radius 1 is 0.862 bits per heavy atom. The first-order chi connectivity index (χ1) is 14.0. The Morgan fingerprint density at radius 2 is 1.41 bits per heavy atom. The van der Waals surface area contributed by atoms with Gasteiger partial charge in [-0.3, -0.25) is 4.79 Å². The summed E-state index contributed by atoms with van der Waals surface area (Å²) in [6.07, 6.45) is 12.0. The predicted octanol–water partition coefficient (Wildman–Crippen LogP) is 6.08. The molecule has 1 aromatic carbocycles. The van der Waals surface area contributed by atoms with Crippen LogP contribution in [0.3, 0.4) is 0 Å². The van der Waals surface area contributed by atoms with Gasteiger partial charge < -0.3 is 10.1 Å². The topological polar surface area (TPSA) is 55.4 Å². The van der Waals surface area contributed by atoms with E-state index < -0.39 is 6.04 Å². The third-order valence-corrected chi connectivity index (χ3v) is 5.32. The molecule has 0 aliphatic heterocycles. The maximum absolute atomic E-state index is 12.5. The zero-order valence-corrected chi connectivity index (χ0v) is 19.0. The van der Waals surface area contributed by atoms with E-state index in [4.69, 9.17) is 4.74 Å². The monoisotopic (exact) mass is 403 g/mol. The largest absolute Gasteiger partial charge is 0.464 e. The van der Waals surface area contributed by atoms with Gasteiger partial charge in [-0.1, -0.05) is 91.2 Å². The number of amides is 1. The summed E-state index contributed by atoms with van der Waals surface area (Å²) in [5, 5.41) is 2.84. The Labute approximate surface area is 177 Å². The van der Waals surface area contributed by atoms with Crippen LogP contribution in [0, 0.1) is 5.92 Å². The number of nitrogens with one attached hydrogen (secondary N) is 1. The molecule has 1 rings (SSSR count). The predicted molar refractivity (Wildman–Crippen MR) is 120 cm³/mol. The van der Waals surface area contributed by atoms with Crippen LogP contribution in [-0.4, -0.2) is 24.5 Å². The molecule has 4 heteroatoms. The highest BCUT2D eigenvalue weighted by molar-refractivity contribution is 5.96. The summed E-state index contributed by atoms with van der Waals surface area (Å²) in [7, 11) is 0. The van der Waals surface area contributed by atoms with Gasteiger partial charge >= 0.3 is 5.97 Å². The maximum atomic E-state index is 12.5. The van der Waals surface area contributed by atoms with Gasteiger partial charge in [-0.05, 0) is 36.5 Å². The van der Waals surface area contributed by atoms with Crippen molar-refractivity contribution in [1.29, 1.82) is 0 Å². The molecule has 29 heavy (non-hydrogen) atoms. The Hall–Kier alpha value is -1.84.